The second-order valence-electron chi connectivity index (χ2n) is 7.33. The molecule has 3 fully saturated rings. The summed E-state index contributed by atoms with van der Waals surface area (Å²) in [7, 11) is 0. The number of nitriles is 1. The molecule has 2 aromatic carbocycles. The number of hydrogen-bond acceptors (Lipinski definition) is 5. The molecule has 6 nitrogen and oxygen atoms in total. The van der Waals surface area contributed by atoms with E-state index in [2.05, 4.69) is 21.2 Å². The number of nitrogens with one attached hydrogen (secondary N) is 1. The van der Waals surface area contributed by atoms with Gasteiger partial charge >= 0.3 is 0 Å². The van der Waals surface area contributed by atoms with Gasteiger partial charge in [0.2, 0.25) is 0 Å². The topological polar surface area (TPSA) is 68.6 Å². The van der Waals surface area contributed by atoms with Crippen LogP contribution in [0, 0.1) is 11.3 Å². The lowest BCUT2D eigenvalue weighted by molar-refractivity contribution is 0.0138. The van der Waals surface area contributed by atoms with E-state index in [-0.39, 0.29) is 5.91 Å². The molecule has 0 radical (unpaired) electrons. The number of fused-ring (bicyclic) bond motifs is 3. The highest BCUT2D eigenvalue weighted by Gasteiger charge is 2.31. The third-order valence-electron chi connectivity index (χ3n) is 5.47. The van der Waals surface area contributed by atoms with Gasteiger partial charge in [0.15, 0.2) is 0 Å². The van der Waals surface area contributed by atoms with Crippen molar-refractivity contribution in [2.75, 3.05) is 39.3 Å². The summed E-state index contributed by atoms with van der Waals surface area (Å²) in [6.07, 6.45) is 0. The Bertz CT molecular complexity index is 867. The summed E-state index contributed by atoms with van der Waals surface area (Å²) < 4.78 is 5.76. The Labute approximate surface area is 165 Å². The first-order chi connectivity index (χ1) is 13.7. The normalized spacial score (nSPS) is 23.0. The fraction of sp³-hybridized carbons (Fsp3) is 0.364. The fourth-order valence-electron chi connectivity index (χ4n) is 3.83. The van der Waals surface area contributed by atoms with Crippen molar-refractivity contribution >= 4 is 5.91 Å². The van der Waals surface area contributed by atoms with E-state index in [1.54, 1.807) is 24.3 Å². The van der Waals surface area contributed by atoms with E-state index >= 15 is 0 Å². The molecule has 1 atom stereocenters. The molecule has 1 N–H and O–H groups in total. The van der Waals surface area contributed by atoms with Crippen molar-refractivity contribution in [2.45, 2.75) is 12.6 Å². The molecule has 28 heavy (non-hydrogen) atoms. The lowest BCUT2D eigenvalue weighted by Gasteiger charge is -2.47. The maximum atomic E-state index is 12.6. The molecule has 1 amide bonds. The van der Waals surface area contributed by atoms with Gasteiger partial charge in [-0.15, -0.1) is 0 Å². The van der Waals surface area contributed by atoms with Crippen LogP contribution in [-0.2, 0) is 6.61 Å². The van der Waals surface area contributed by atoms with Crippen LogP contribution in [0.1, 0.15) is 21.5 Å². The van der Waals surface area contributed by atoms with Crippen LogP contribution in [0.15, 0.2) is 48.5 Å². The van der Waals surface area contributed by atoms with Gasteiger partial charge in [-0.2, -0.15) is 5.26 Å². The number of piperazine rings is 3. The predicted molar refractivity (Wildman–Crippen MR) is 106 cm³/mol. The molecule has 3 aliphatic rings. The first kappa shape index (κ1) is 18.5. The van der Waals surface area contributed by atoms with Crippen molar-refractivity contribution in [2.24, 2.45) is 0 Å². The minimum absolute atomic E-state index is 0.0436. The Morgan fingerprint density at radius 1 is 1.14 bits per heavy atom. The lowest BCUT2D eigenvalue weighted by Crippen LogP contribution is -2.63. The quantitative estimate of drug-likeness (QED) is 0.834. The number of rotatable bonds is 6. The van der Waals surface area contributed by atoms with Crippen LogP contribution in [0.4, 0.5) is 0 Å². The zero-order valence-electron chi connectivity index (χ0n) is 15.8. The minimum atomic E-state index is -0.0436. The van der Waals surface area contributed by atoms with Crippen molar-refractivity contribution in [1.29, 1.82) is 5.26 Å². The van der Waals surface area contributed by atoms with Crippen molar-refractivity contribution in [1.82, 2.24) is 15.1 Å². The molecule has 0 saturated carbocycles. The molecule has 0 aromatic heterocycles. The van der Waals surface area contributed by atoms with Gasteiger partial charge in [-0.25, -0.2) is 0 Å². The standard InChI is InChI=1S/C22H24N4O2/c23-13-17-4-6-21(7-5-17)28-16-18-2-1-3-19(12-18)22(27)24-14-20-15-25-8-10-26(20)11-9-25/h1-7,12,20H,8-11,14-16H2,(H,24,27). The summed E-state index contributed by atoms with van der Waals surface area (Å²) in [5, 5.41) is 11.9. The van der Waals surface area contributed by atoms with Crippen LogP contribution < -0.4 is 10.1 Å². The van der Waals surface area contributed by atoms with E-state index in [9.17, 15) is 4.79 Å². The van der Waals surface area contributed by atoms with E-state index < -0.39 is 0 Å². The van der Waals surface area contributed by atoms with E-state index in [0.717, 1.165) is 38.3 Å². The van der Waals surface area contributed by atoms with Gasteiger partial charge in [-0.1, -0.05) is 12.1 Å². The molecule has 3 saturated heterocycles. The largest absolute Gasteiger partial charge is 0.489 e. The number of ether oxygens (including phenoxy) is 1. The Kier molecular flexibility index (Phi) is 5.56. The van der Waals surface area contributed by atoms with Crippen molar-refractivity contribution < 1.29 is 9.53 Å². The number of amides is 1. The lowest BCUT2D eigenvalue weighted by atomic mass is 10.1. The van der Waals surface area contributed by atoms with E-state index in [4.69, 9.17) is 10.00 Å². The summed E-state index contributed by atoms with van der Waals surface area (Å²) in [5.41, 5.74) is 2.19. The number of carbonyl (C=O) groups excluding carboxylic acids is 1. The molecule has 0 spiro atoms. The zero-order valence-corrected chi connectivity index (χ0v) is 15.8. The third kappa shape index (κ3) is 4.33. The Balaban J connectivity index is 1.31. The number of hydrogen-bond donors (Lipinski definition) is 1. The number of carbonyl (C=O) groups is 1. The van der Waals surface area contributed by atoms with Gasteiger partial charge in [0.25, 0.3) is 5.91 Å². The molecule has 0 aliphatic carbocycles. The molecular weight excluding hydrogens is 352 g/mol. The van der Waals surface area contributed by atoms with Crippen LogP contribution in [0.2, 0.25) is 0 Å². The number of nitrogens with zero attached hydrogens (tertiary/aromatic N) is 3. The summed E-state index contributed by atoms with van der Waals surface area (Å²) >= 11 is 0. The first-order valence-electron chi connectivity index (χ1n) is 9.68. The summed E-state index contributed by atoms with van der Waals surface area (Å²) in [4.78, 5) is 17.5. The van der Waals surface area contributed by atoms with Crippen molar-refractivity contribution in [3.8, 4) is 11.8 Å². The van der Waals surface area contributed by atoms with Crippen molar-refractivity contribution in [3.63, 3.8) is 0 Å². The maximum absolute atomic E-state index is 12.6. The van der Waals surface area contributed by atoms with Gasteiger partial charge in [0, 0.05) is 50.9 Å². The zero-order chi connectivity index (χ0) is 19.3. The highest BCUT2D eigenvalue weighted by Crippen LogP contribution is 2.16. The first-order valence-corrected chi connectivity index (χ1v) is 9.68. The third-order valence-corrected chi connectivity index (χ3v) is 5.47. The molecule has 2 bridgehead atoms. The van der Waals surface area contributed by atoms with Gasteiger partial charge in [0.05, 0.1) is 11.6 Å². The van der Waals surface area contributed by atoms with Gasteiger partial charge in [0.1, 0.15) is 12.4 Å². The highest BCUT2D eigenvalue weighted by atomic mass is 16.5. The van der Waals surface area contributed by atoms with Crippen LogP contribution in [0.5, 0.6) is 5.75 Å². The smallest absolute Gasteiger partial charge is 0.251 e. The Morgan fingerprint density at radius 2 is 1.93 bits per heavy atom. The molecule has 2 aromatic rings. The molecular formula is C22H24N4O2. The Morgan fingerprint density at radius 3 is 2.61 bits per heavy atom. The number of benzene rings is 2. The second kappa shape index (κ2) is 8.42. The Hall–Kier alpha value is -2.88. The average molecular weight is 376 g/mol. The van der Waals surface area contributed by atoms with E-state index in [1.807, 2.05) is 24.3 Å². The van der Waals surface area contributed by atoms with Gasteiger partial charge in [-0.05, 0) is 42.0 Å². The van der Waals surface area contributed by atoms with Gasteiger partial charge < -0.3 is 10.1 Å². The second-order valence-corrected chi connectivity index (χ2v) is 7.33. The average Bonchev–Trinajstić information content (AvgIpc) is 2.77. The molecule has 6 heteroatoms. The van der Waals surface area contributed by atoms with Crippen LogP contribution in [0.3, 0.4) is 0 Å². The van der Waals surface area contributed by atoms with Gasteiger partial charge in [-0.3, -0.25) is 14.6 Å². The summed E-state index contributed by atoms with van der Waals surface area (Å²) in [6.45, 7) is 6.58. The van der Waals surface area contributed by atoms with Crippen LogP contribution in [-0.4, -0.2) is 61.0 Å². The fourth-order valence-corrected chi connectivity index (χ4v) is 3.83. The predicted octanol–water partition coefficient (Wildman–Crippen LogP) is 1.87. The molecule has 3 aliphatic heterocycles. The highest BCUT2D eigenvalue weighted by molar-refractivity contribution is 5.94. The molecule has 144 valence electrons. The SMILES string of the molecule is N#Cc1ccc(OCc2cccc(C(=O)NCC3CN4CCN3CC4)c2)cc1. The summed E-state index contributed by atoms with van der Waals surface area (Å²) in [6, 6.07) is 17.0. The molecule has 5 rings (SSSR count). The summed E-state index contributed by atoms with van der Waals surface area (Å²) in [5.74, 6) is 0.656. The van der Waals surface area contributed by atoms with Crippen LogP contribution >= 0.6 is 0 Å². The maximum Gasteiger partial charge on any atom is 0.251 e. The molecule has 1 unspecified atom stereocenters. The minimum Gasteiger partial charge on any atom is -0.489 e. The van der Waals surface area contributed by atoms with Crippen molar-refractivity contribution in [3.05, 3.63) is 65.2 Å². The molecule has 3 heterocycles. The van der Waals surface area contributed by atoms with E-state index in [1.165, 1.54) is 0 Å². The monoisotopic (exact) mass is 376 g/mol. The van der Waals surface area contributed by atoms with E-state index in [0.29, 0.717) is 36.1 Å². The van der Waals surface area contributed by atoms with Crippen LogP contribution in [0.25, 0.3) is 0 Å².